The van der Waals surface area contributed by atoms with Crippen LogP contribution in [0.15, 0.2) is 53.4 Å². The van der Waals surface area contributed by atoms with Gasteiger partial charge in [-0.1, -0.05) is 0 Å². The Labute approximate surface area is 138 Å². The standard InChI is InChI=1S/C15H15FN2O5S/c1-10(15(19)17-20)18-24(21,22)14-8-6-13(7-9-14)23-12-4-2-11(16)3-5-12/h2-10,18,20H,1H3,(H,17,19)/t10-/m0/s1. The first-order chi connectivity index (χ1) is 11.3. The molecule has 3 N–H and O–H groups in total. The van der Waals surface area contributed by atoms with Gasteiger partial charge in [0.2, 0.25) is 10.0 Å². The molecular weight excluding hydrogens is 339 g/mol. The van der Waals surface area contributed by atoms with E-state index in [1.807, 2.05) is 0 Å². The Morgan fingerprint density at radius 2 is 1.58 bits per heavy atom. The van der Waals surface area contributed by atoms with Crippen molar-refractivity contribution in [3.63, 3.8) is 0 Å². The lowest BCUT2D eigenvalue weighted by Gasteiger charge is -2.12. The number of halogens is 1. The second kappa shape index (κ2) is 7.39. The smallest absolute Gasteiger partial charge is 0.261 e. The number of nitrogens with one attached hydrogen (secondary N) is 2. The molecular formula is C15H15FN2O5S. The lowest BCUT2D eigenvalue weighted by molar-refractivity contribution is -0.130. The average molecular weight is 354 g/mol. The zero-order chi connectivity index (χ0) is 17.7. The SMILES string of the molecule is C[C@H](NS(=O)(=O)c1ccc(Oc2ccc(F)cc2)cc1)C(=O)NO. The number of amides is 1. The van der Waals surface area contributed by atoms with Crippen LogP contribution in [0.3, 0.4) is 0 Å². The minimum Gasteiger partial charge on any atom is -0.457 e. The van der Waals surface area contributed by atoms with Crippen molar-refractivity contribution in [2.45, 2.75) is 17.9 Å². The monoisotopic (exact) mass is 354 g/mol. The van der Waals surface area contributed by atoms with Crippen LogP contribution in [0.5, 0.6) is 11.5 Å². The lowest BCUT2D eigenvalue weighted by atomic mass is 10.3. The number of ether oxygens (including phenoxy) is 1. The van der Waals surface area contributed by atoms with Crippen LogP contribution in [0.4, 0.5) is 4.39 Å². The molecule has 24 heavy (non-hydrogen) atoms. The summed E-state index contributed by atoms with van der Waals surface area (Å²) in [5.41, 5.74) is 1.37. The molecule has 0 aliphatic carbocycles. The van der Waals surface area contributed by atoms with E-state index < -0.39 is 27.8 Å². The Morgan fingerprint density at radius 3 is 2.08 bits per heavy atom. The van der Waals surface area contributed by atoms with Crippen molar-refractivity contribution in [3.05, 3.63) is 54.3 Å². The summed E-state index contributed by atoms with van der Waals surface area (Å²) in [5, 5.41) is 8.49. The Balaban J connectivity index is 2.10. The number of carbonyl (C=O) groups is 1. The molecule has 0 bridgehead atoms. The number of hydrogen-bond acceptors (Lipinski definition) is 5. The molecule has 0 aliphatic heterocycles. The molecule has 2 aromatic rings. The van der Waals surface area contributed by atoms with Gasteiger partial charge in [0.25, 0.3) is 5.91 Å². The fraction of sp³-hybridized carbons (Fsp3) is 0.133. The third kappa shape index (κ3) is 4.51. The van der Waals surface area contributed by atoms with E-state index in [-0.39, 0.29) is 4.90 Å². The fourth-order valence-corrected chi connectivity index (χ4v) is 2.98. The molecule has 0 fully saturated rings. The molecule has 0 saturated carbocycles. The lowest BCUT2D eigenvalue weighted by Crippen LogP contribution is -2.43. The maximum absolute atomic E-state index is 12.8. The van der Waals surface area contributed by atoms with Crippen LogP contribution in [0.25, 0.3) is 0 Å². The first-order valence-electron chi connectivity index (χ1n) is 6.81. The predicted molar refractivity (Wildman–Crippen MR) is 82.6 cm³/mol. The van der Waals surface area contributed by atoms with E-state index in [9.17, 15) is 17.6 Å². The normalized spacial score (nSPS) is 12.5. The van der Waals surface area contributed by atoms with Gasteiger partial charge in [-0.05, 0) is 55.5 Å². The predicted octanol–water partition coefficient (Wildman–Crippen LogP) is 1.79. The quantitative estimate of drug-likeness (QED) is 0.542. The molecule has 9 heteroatoms. The van der Waals surface area contributed by atoms with Gasteiger partial charge in [-0.2, -0.15) is 4.72 Å². The minimum atomic E-state index is -3.94. The molecule has 0 aliphatic rings. The van der Waals surface area contributed by atoms with Crippen molar-refractivity contribution in [1.29, 1.82) is 0 Å². The molecule has 2 rings (SSSR count). The van der Waals surface area contributed by atoms with E-state index in [1.54, 1.807) is 0 Å². The van der Waals surface area contributed by atoms with Gasteiger partial charge in [0.05, 0.1) is 4.90 Å². The summed E-state index contributed by atoms with van der Waals surface area (Å²) in [5.74, 6) is -0.509. The summed E-state index contributed by atoms with van der Waals surface area (Å²) in [6, 6.07) is 9.67. The molecule has 0 spiro atoms. The third-order valence-corrected chi connectivity index (χ3v) is 4.58. The highest BCUT2D eigenvalue weighted by atomic mass is 32.2. The second-order valence-corrected chi connectivity index (χ2v) is 6.56. The van der Waals surface area contributed by atoms with Crippen LogP contribution in [-0.2, 0) is 14.8 Å². The molecule has 0 saturated heterocycles. The van der Waals surface area contributed by atoms with E-state index in [0.717, 1.165) is 0 Å². The highest BCUT2D eigenvalue weighted by Crippen LogP contribution is 2.23. The zero-order valence-corrected chi connectivity index (χ0v) is 13.4. The van der Waals surface area contributed by atoms with Crippen molar-refractivity contribution < 1.29 is 27.5 Å². The molecule has 128 valence electrons. The molecule has 7 nitrogen and oxygen atoms in total. The van der Waals surface area contributed by atoms with E-state index in [1.165, 1.54) is 60.9 Å². The second-order valence-electron chi connectivity index (χ2n) is 4.85. The largest absolute Gasteiger partial charge is 0.457 e. The van der Waals surface area contributed by atoms with Crippen molar-refractivity contribution in [1.82, 2.24) is 10.2 Å². The fourth-order valence-electron chi connectivity index (χ4n) is 1.78. The Hall–Kier alpha value is -2.49. The van der Waals surface area contributed by atoms with Crippen LogP contribution in [0.1, 0.15) is 6.92 Å². The van der Waals surface area contributed by atoms with Crippen molar-refractivity contribution in [3.8, 4) is 11.5 Å². The minimum absolute atomic E-state index is 0.0773. The van der Waals surface area contributed by atoms with Crippen LogP contribution in [0, 0.1) is 5.82 Å². The molecule has 1 atom stereocenters. The third-order valence-electron chi connectivity index (χ3n) is 3.02. The van der Waals surface area contributed by atoms with Crippen molar-refractivity contribution >= 4 is 15.9 Å². The summed E-state index contributed by atoms with van der Waals surface area (Å²) in [7, 11) is -3.94. The van der Waals surface area contributed by atoms with Gasteiger partial charge in [-0.3, -0.25) is 10.0 Å². The molecule has 0 aromatic heterocycles. The first-order valence-corrected chi connectivity index (χ1v) is 8.30. The van der Waals surface area contributed by atoms with Crippen molar-refractivity contribution in [2.75, 3.05) is 0 Å². The Morgan fingerprint density at radius 1 is 1.08 bits per heavy atom. The average Bonchev–Trinajstić information content (AvgIpc) is 2.56. The summed E-state index contributed by atoms with van der Waals surface area (Å²) >= 11 is 0. The number of rotatable bonds is 6. The number of hydroxylamine groups is 1. The van der Waals surface area contributed by atoms with Crippen molar-refractivity contribution in [2.24, 2.45) is 0 Å². The number of sulfonamides is 1. The molecule has 1 amide bonds. The van der Waals surface area contributed by atoms with Gasteiger partial charge in [0, 0.05) is 0 Å². The Bertz CT molecular complexity index is 807. The zero-order valence-electron chi connectivity index (χ0n) is 12.6. The van der Waals surface area contributed by atoms with E-state index in [4.69, 9.17) is 9.94 Å². The summed E-state index contributed by atoms with van der Waals surface area (Å²) in [6.45, 7) is 1.29. The van der Waals surface area contributed by atoms with E-state index >= 15 is 0 Å². The highest BCUT2D eigenvalue weighted by Gasteiger charge is 2.21. The summed E-state index contributed by atoms with van der Waals surface area (Å²) < 4.78 is 44.6. The van der Waals surface area contributed by atoms with E-state index in [0.29, 0.717) is 11.5 Å². The van der Waals surface area contributed by atoms with Gasteiger partial charge in [-0.15, -0.1) is 0 Å². The molecule has 0 unspecified atom stereocenters. The molecule has 0 heterocycles. The van der Waals surface area contributed by atoms with Gasteiger partial charge in [-0.25, -0.2) is 18.3 Å². The van der Waals surface area contributed by atoms with Crippen LogP contribution >= 0.6 is 0 Å². The van der Waals surface area contributed by atoms with Crippen LogP contribution < -0.4 is 14.9 Å². The van der Waals surface area contributed by atoms with Gasteiger partial charge >= 0.3 is 0 Å². The number of hydrogen-bond donors (Lipinski definition) is 3. The highest BCUT2D eigenvalue weighted by molar-refractivity contribution is 7.89. The summed E-state index contributed by atoms with van der Waals surface area (Å²) in [4.78, 5) is 11.1. The summed E-state index contributed by atoms with van der Waals surface area (Å²) in [6.07, 6.45) is 0. The van der Waals surface area contributed by atoms with E-state index in [2.05, 4.69) is 4.72 Å². The Kier molecular flexibility index (Phi) is 5.50. The van der Waals surface area contributed by atoms with Crippen LogP contribution in [0.2, 0.25) is 0 Å². The number of carbonyl (C=O) groups excluding carboxylic acids is 1. The maximum Gasteiger partial charge on any atom is 0.261 e. The first kappa shape index (κ1) is 17.9. The van der Waals surface area contributed by atoms with Gasteiger partial charge < -0.3 is 4.74 Å². The molecule has 0 radical (unpaired) electrons. The maximum atomic E-state index is 12.8. The van der Waals surface area contributed by atoms with Gasteiger partial charge in [0.1, 0.15) is 23.4 Å². The number of benzene rings is 2. The van der Waals surface area contributed by atoms with Gasteiger partial charge in [0.15, 0.2) is 0 Å². The van der Waals surface area contributed by atoms with Crippen LogP contribution in [-0.4, -0.2) is 25.6 Å². The molecule has 2 aromatic carbocycles. The topological polar surface area (TPSA) is 105 Å².